The highest BCUT2D eigenvalue weighted by Crippen LogP contribution is 2.72. The first-order valence-corrected chi connectivity index (χ1v) is 14.5. The maximum atomic E-state index is 14.0. The zero-order valence-corrected chi connectivity index (χ0v) is 23.6. The van der Waals surface area contributed by atoms with Crippen molar-refractivity contribution in [3.63, 3.8) is 0 Å². The van der Waals surface area contributed by atoms with Gasteiger partial charge in [0.05, 0.1) is 5.41 Å². The van der Waals surface area contributed by atoms with Crippen molar-refractivity contribution in [2.45, 2.75) is 116 Å². The van der Waals surface area contributed by atoms with Crippen molar-refractivity contribution in [1.29, 1.82) is 0 Å². The van der Waals surface area contributed by atoms with E-state index in [1.54, 1.807) is 0 Å². The van der Waals surface area contributed by atoms with Gasteiger partial charge in [-0.2, -0.15) is 0 Å². The molecule has 5 rings (SSSR count). The van der Waals surface area contributed by atoms with Gasteiger partial charge in [-0.3, -0.25) is 14.4 Å². The van der Waals surface area contributed by atoms with E-state index >= 15 is 0 Å². The number of rotatable bonds is 5. The molecule has 0 aromatic carbocycles. The Bertz CT molecular complexity index is 1030. The van der Waals surface area contributed by atoms with E-state index in [-0.39, 0.29) is 17.9 Å². The van der Waals surface area contributed by atoms with Gasteiger partial charge in [0.1, 0.15) is 18.8 Å². The Kier molecular flexibility index (Phi) is 7.42. The highest BCUT2D eigenvalue weighted by atomic mass is 16.7. The summed E-state index contributed by atoms with van der Waals surface area (Å²) in [5.74, 6) is -0.441. The van der Waals surface area contributed by atoms with Crippen molar-refractivity contribution >= 4 is 17.9 Å². The number of esters is 3. The number of aliphatic hydroxyl groups is 2. The topological polar surface area (TPSA) is 129 Å². The van der Waals surface area contributed by atoms with E-state index in [9.17, 15) is 24.6 Å². The van der Waals surface area contributed by atoms with Gasteiger partial charge in [-0.1, -0.05) is 25.5 Å². The Hall–Kier alpha value is -1.97. The van der Waals surface area contributed by atoms with E-state index in [0.717, 1.165) is 39.0 Å². The predicted molar refractivity (Wildman–Crippen MR) is 139 cm³/mol. The molecule has 2 bridgehead atoms. The molecule has 218 valence electrons. The van der Waals surface area contributed by atoms with Crippen molar-refractivity contribution in [3.8, 4) is 0 Å². The summed E-state index contributed by atoms with van der Waals surface area (Å²) in [5, 5.41) is 21.6. The number of ether oxygens (including phenoxy) is 4. The molecule has 0 amide bonds. The fourth-order valence-electron chi connectivity index (χ4n) is 9.51. The lowest BCUT2D eigenvalue weighted by Gasteiger charge is -2.63. The molecule has 11 atom stereocenters. The smallest absolute Gasteiger partial charge is 0.314 e. The van der Waals surface area contributed by atoms with E-state index in [4.69, 9.17) is 18.9 Å². The summed E-state index contributed by atoms with van der Waals surface area (Å²) in [7, 11) is 0. The summed E-state index contributed by atoms with van der Waals surface area (Å²) in [4.78, 5) is 37.1. The molecule has 9 nitrogen and oxygen atoms in total. The molecule has 1 spiro atoms. The zero-order valence-electron chi connectivity index (χ0n) is 23.6. The lowest BCUT2D eigenvalue weighted by atomic mass is 9.41. The number of hydrogen-bond donors (Lipinski definition) is 2. The number of allylic oxidation sites excluding steroid dienone is 1. The van der Waals surface area contributed by atoms with Crippen LogP contribution in [0.4, 0.5) is 0 Å². The summed E-state index contributed by atoms with van der Waals surface area (Å²) in [6.45, 7) is 10.8. The van der Waals surface area contributed by atoms with Crippen LogP contribution in [0.5, 0.6) is 0 Å². The van der Waals surface area contributed by atoms with Crippen molar-refractivity contribution in [3.05, 3.63) is 12.2 Å². The third-order valence-electron chi connectivity index (χ3n) is 11.1. The van der Waals surface area contributed by atoms with E-state index in [1.165, 1.54) is 31.8 Å². The maximum absolute atomic E-state index is 14.0. The first-order valence-electron chi connectivity index (χ1n) is 14.5. The van der Waals surface area contributed by atoms with Gasteiger partial charge in [-0.05, 0) is 86.9 Å². The van der Waals surface area contributed by atoms with Crippen LogP contribution in [0.3, 0.4) is 0 Å². The average Bonchev–Trinajstić information content (AvgIpc) is 3.09. The normalized spacial score (nSPS) is 47.0. The summed E-state index contributed by atoms with van der Waals surface area (Å²) < 4.78 is 21.8. The van der Waals surface area contributed by atoms with E-state index in [0.29, 0.717) is 23.7 Å². The van der Waals surface area contributed by atoms with Crippen molar-refractivity contribution in [2.24, 2.45) is 34.0 Å². The molecule has 4 saturated carbocycles. The predicted octanol–water partition coefficient (Wildman–Crippen LogP) is 3.44. The Morgan fingerprint density at radius 1 is 0.974 bits per heavy atom. The fraction of sp³-hybridized carbons (Fsp3) is 0.833. The molecule has 11 unspecified atom stereocenters. The molecular formula is C30H44O9. The van der Waals surface area contributed by atoms with Crippen LogP contribution in [-0.4, -0.2) is 65.4 Å². The van der Waals surface area contributed by atoms with Crippen LogP contribution < -0.4 is 0 Å². The van der Waals surface area contributed by atoms with Gasteiger partial charge in [0, 0.05) is 13.8 Å². The summed E-state index contributed by atoms with van der Waals surface area (Å²) >= 11 is 0. The minimum Gasteiger partial charge on any atom is -0.463 e. The molecule has 0 aromatic rings. The fourth-order valence-corrected chi connectivity index (χ4v) is 9.51. The molecule has 1 saturated heterocycles. The minimum absolute atomic E-state index is 0.000229. The van der Waals surface area contributed by atoms with Crippen molar-refractivity contribution < 1.29 is 43.5 Å². The second kappa shape index (κ2) is 10.1. The number of aliphatic hydroxyl groups excluding tert-OH is 2. The van der Waals surface area contributed by atoms with Gasteiger partial charge in [-0.25, -0.2) is 0 Å². The summed E-state index contributed by atoms with van der Waals surface area (Å²) in [6, 6.07) is 0. The molecule has 9 heteroatoms. The Labute approximate surface area is 230 Å². The van der Waals surface area contributed by atoms with Gasteiger partial charge in [0.2, 0.25) is 6.29 Å². The van der Waals surface area contributed by atoms with E-state index in [2.05, 4.69) is 13.5 Å². The van der Waals surface area contributed by atoms with Crippen LogP contribution >= 0.6 is 0 Å². The van der Waals surface area contributed by atoms with Crippen LogP contribution in [0.25, 0.3) is 0 Å². The van der Waals surface area contributed by atoms with Crippen LogP contribution in [0.15, 0.2) is 12.2 Å². The molecule has 5 fully saturated rings. The first kappa shape index (κ1) is 28.6. The third kappa shape index (κ3) is 4.72. The summed E-state index contributed by atoms with van der Waals surface area (Å²) in [6.07, 6.45) is 2.27. The monoisotopic (exact) mass is 548 g/mol. The lowest BCUT2D eigenvalue weighted by Crippen LogP contribution is -2.62. The van der Waals surface area contributed by atoms with Crippen molar-refractivity contribution in [1.82, 2.24) is 0 Å². The van der Waals surface area contributed by atoms with Gasteiger partial charge in [0.25, 0.3) is 0 Å². The second-order valence-electron chi connectivity index (χ2n) is 13.4. The minimum atomic E-state index is -1.60. The third-order valence-corrected chi connectivity index (χ3v) is 11.1. The lowest BCUT2D eigenvalue weighted by molar-refractivity contribution is -0.300. The molecule has 2 N–H and O–H groups in total. The van der Waals surface area contributed by atoms with Crippen LogP contribution in [-0.2, 0) is 33.3 Å². The highest BCUT2D eigenvalue weighted by molar-refractivity contribution is 5.77. The molecule has 4 aliphatic carbocycles. The van der Waals surface area contributed by atoms with E-state index < -0.39 is 54.0 Å². The Morgan fingerprint density at radius 2 is 1.72 bits per heavy atom. The van der Waals surface area contributed by atoms with Gasteiger partial charge in [0.15, 0.2) is 12.2 Å². The van der Waals surface area contributed by atoms with Crippen molar-refractivity contribution in [2.75, 3.05) is 6.61 Å². The quantitative estimate of drug-likeness (QED) is 0.302. The molecule has 0 radical (unpaired) electrons. The SMILES string of the molecule is C=C1CC23CCC4C(C)(C(=O)OC5OC(COC(C)=O)C(O)C(OC(C)=O)C5O)CCCC4(C)C2CCC1C3. The van der Waals surface area contributed by atoms with Crippen LogP contribution in [0.2, 0.25) is 0 Å². The molecule has 0 aromatic heterocycles. The Morgan fingerprint density at radius 3 is 2.41 bits per heavy atom. The summed E-state index contributed by atoms with van der Waals surface area (Å²) in [5.41, 5.74) is 0.935. The van der Waals surface area contributed by atoms with Gasteiger partial charge < -0.3 is 29.2 Å². The zero-order chi connectivity index (χ0) is 28.3. The highest BCUT2D eigenvalue weighted by Gasteiger charge is 2.65. The van der Waals surface area contributed by atoms with Gasteiger partial charge in [-0.15, -0.1) is 0 Å². The number of fused-ring (bicyclic) bond motifs is 3. The largest absolute Gasteiger partial charge is 0.463 e. The molecule has 5 aliphatic rings. The average molecular weight is 549 g/mol. The first-order chi connectivity index (χ1) is 18.3. The molecule has 1 heterocycles. The standard InChI is InChI=1S/C30H44O9/c1-16-13-30-12-9-21-28(4,22(30)8-7-19(16)14-30)10-6-11-29(21,5)27(35)39-26-24(34)25(37-18(3)32)23(33)20(38-26)15-36-17(2)31/h19-26,33-34H,1,6-15H2,2-5H3. The number of carbonyl (C=O) groups is 3. The molecular weight excluding hydrogens is 504 g/mol. The molecule has 1 aliphatic heterocycles. The molecule has 39 heavy (non-hydrogen) atoms. The van der Waals surface area contributed by atoms with Gasteiger partial charge >= 0.3 is 17.9 Å². The maximum Gasteiger partial charge on any atom is 0.314 e. The number of carbonyl (C=O) groups excluding carboxylic acids is 3. The second-order valence-corrected chi connectivity index (χ2v) is 13.4. The Balaban J connectivity index is 1.36. The van der Waals surface area contributed by atoms with Crippen LogP contribution in [0.1, 0.15) is 85.5 Å². The van der Waals surface area contributed by atoms with Crippen LogP contribution in [0, 0.1) is 34.0 Å². The van der Waals surface area contributed by atoms with E-state index in [1.807, 2.05) is 6.92 Å². The number of hydrogen-bond acceptors (Lipinski definition) is 9.